The van der Waals surface area contributed by atoms with Crippen molar-refractivity contribution in [2.75, 3.05) is 22.5 Å². The second-order valence-corrected chi connectivity index (χ2v) is 9.28. The molecule has 0 fully saturated rings. The van der Waals surface area contributed by atoms with Crippen molar-refractivity contribution in [1.82, 2.24) is 0 Å². The summed E-state index contributed by atoms with van der Waals surface area (Å²) in [5.74, 6) is -0.531. The van der Waals surface area contributed by atoms with Gasteiger partial charge in [-0.1, -0.05) is 23.7 Å². The van der Waals surface area contributed by atoms with Gasteiger partial charge in [0.25, 0.3) is 15.9 Å². The van der Waals surface area contributed by atoms with Crippen LogP contribution in [0.2, 0.25) is 5.02 Å². The lowest BCUT2D eigenvalue weighted by molar-refractivity contribution is -0.114. The molecule has 0 aliphatic heterocycles. The molecular formula is C23H22ClN3O5S. The average Bonchev–Trinajstić information content (AvgIpc) is 2.75. The van der Waals surface area contributed by atoms with Gasteiger partial charge in [-0.15, -0.1) is 0 Å². The van der Waals surface area contributed by atoms with Crippen LogP contribution < -0.4 is 20.1 Å². The lowest BCUT2D eigenvalue weighted by Gasteiger charge is -2.14. The highest BCUT2D eigenvalue weighted by atomic mass is 35.5. The fourth-order valence-electron chi connectivity index (χ4n) is 3.02. The molecule has 0 spiro atoms. The van der Waals surface area contributed by atoms with Gasteiger partial charge < -0.3 is 15.4 Å². The number of benzene rings is 3. The average molecular weight is 488 g/mol. The van der Waals surface area contributed by atoms with Gasteiger partial charge in [0.05, 0.1) is 29.1 Å². The van der Waals surface area contributed by atoms with Gasteiger partial charge in [-0.25, -0.2) is 8.42 Å². The first-order valence-electron chi connectivity index (χ1n) is 9.75. The number of amides is 2. The van der Waals surface area contributed by atoms with E-state index in [1.165, 1.54) is 44.4 Å². The Kier molecular flexibility index (Phi) is 7.25. The predicted octanol–water partition coefficient (Wildman–Crippen LogP) is 4.67. The first-order valence-corrected chi connectivity index (χ1v) is 11.6. The fourth-order valence-corrected chi connectivity index (χ4v) is 4.30. The molecule has 0 radical (unpaired) electrons. The number of sulfonamides is 1. The second kappa shape index (κ2) is 9.93. The van der Waals surface area contributed by atoms with Gasteiger partial charge in [-0.05, 0) is 61.0 Å². The Morgan fingerprint density at radius 1 is 0.909 bits per heavy atom. The summed E-state index contributed by atoms with van der Waals surface area (Å²) in [4.78, 5) is 24.2. The number of anilines is 3. The van der Waals surface area contributed by atoms with Crippen LogP contribution in [-0.2, 0) is 14.8 Å². The number of hydrogen-bond donors (Lipinski definition) is 3. The van der Waals surface area contributed by atoms with Crippen molar-refractivity contribution in [3.05, 3.63) is 76.8 Å². The number of methoxy groups -OCH3 is 1. The molecule has 2 amide bonds. The maximum atomic E-state index is 12.9. The zero-order valence-corrected chi connectivity index (χ0v) is 19.7. The van der Waals surface area contributed by atoms with Crippen LogP contribution in [0.15, 0.2) is 65.6 Å². The monoisotopic (exact) mass is 487 g/mol. The molecule has 8 nitrogen and oxygen atoms in total. The molecule has 0 aromatic heterocycles. The molecule has 3 rings (SSSR count). The maximum absolute atomic E-state index is 12.9. The molecule has 3 aromatic rings. The van der Waals surface area contributed by atoms with Gasteiger partial charge in [-0.3, -0.25) is 14.3 Å². The zero-order chi connectivity index (χ0) is 24.2. The van der Waals surface area contributed by atoms with E-state index in [0.717, 1.165) is 5.56 Å². The Bertz CT molecular complexity index is 1330. The topological polar surface area (TPSA) is 114 Å². The summed E-state index contributed by atoms with van der Waals surface area (Å²) in [6, 6.07) is 15.3. The highest BCUT2D eigenvalue weighted by Gasteiger charge is 2.19. The van der Waals surface area contributed by atoms with Crippen LogP contribution in [0.25, 0.3) is 0 Å². The molecule has 0 aliphatic rings. The van der Waals surface area contributed by atoms with Crippen LogP contribution in [0.5, 0.6) is 5.75 Å². The third-order valence-electron chi connectivity index (χ3n) is 4.55. The summed E-state index contributed by atoms with van der Waals surface area (Å²) in [6.45, 7) is 3.21. The number of ether oxygens (including phenoxy) is 1. The molecule has 0 saturated carbocycles. The standard InChI is InChI=1S/C23H22ClN3O5S/c1-14-7-9-19(25-15(2)28)20(11-14)26-23(29)16-5-4-6-18(12-16)33(30,31)27-21-13-17(24)8-10-22(21)32-3/h4-13,27H,1-3H3,(H,25,28)(H,26,29). The van der Waals surface area contributed by atoms with E-state index in [1.54, 1.807) is 30.3 Å². The molecular weight excluding hydrogens is 466 g/mol. The number of carbonyl (C=O) groups excluding carboxylic acids is 2. The molecule has 33 heavy (non-hydrogen) atoms. The number of halogens is 1. The van der Waals surface area contributed by atoms with Gasteiger partial charge in [-0.2, -0.15) is 0 Å². The molecule has 0 atom stereocenters. The molecule has 0 heterocycles. The van der Waals surface area contributed by atoms with Crippen LogP contribution in [0.3, 0.4) is 0 Å². The minimum Gasteiger partial charge on any atom is -0.495 e. The lowest BCUT2D eigenvalue weighted by atomic mass is 10.1. The van der Waals surface area contributed by atoms with Crippen LogP contribution in [-0.4, -0.2) is 27.3 Å². The number of nitrogens with one attached hydrogen (secondary N) is 3. The van der Waals surface area contributed by atoms with E-state index in [2.05, 4.69) is 15.4 Å². The lowest BCUT2D eigenvalue weighted by Crippen LogP contribution is -2.17. The van der Waals surface area contributed by atoms with Crippen molar-refractivity contribution in [2.45, 2.75) is 18.7 Å². The van der Waals surface area contributed by atoms with Crippen molar-refractivity contribution in [1.29, 1.82) is 0 Å². The molecule has 10 heteroatoms. The molecule has 0 bridgehead atoms. The molecule has 3 N–H and O–H groups in total. The van der Waals surface area contributed by atoms with Crippen LogP contribution in [0.1, 0.15) is 22.8 Å². The quantitative estimate of drug-likeness (QED) is 0.448. The first-order chi connectivity index (χ1) is 15.6. The Morgan fingerprint density at radius 2 is 1.67 bits per heavy atom. The van der Waals surface area contributed by atoms with Gasteiger partial charge in [0.2, 0.25) is 5.91 Å². The van der Waals surface area contributed by atoms with E-state index in [1.807, 2.05) is 6.92 Å². The van der Waals surface area contributed by atoms with Gasteiger partial charge in [0.1, 0.15) is 5.75 Å². The summed E-state index contributed by atoms with van der Waals surface area (Å²) in [5, 5.41) is 5.70. The van der Waals surface area contributed by atoms with Crippen LogP contribution >= 0.6 is 11.6 Å². The highest BCUT2D eigenvalue weighted by Crippen LogP contribution is 2.30. The third-order valence-corrected chi connectivity index (χ3v) is 6.14. The van der Waals surface area contributed by atoms with E-state index < -0.39 is 15.9 Å². The van der Waals surface area contributed by atoms with Crippen molar-refractivity contribution in [2.24, 2.45) is 0 Å². The minimum absolute atomic E-state index is 0.117. The molecule has 0 unspecified atom stereocenters. The van der Waals surface area contributed by atoms with Crippen molar-refractivity contribution < 1.29 is 22.7 Å². The van der Waals surface area contributed by atoms with E-state index >= 15 is 0 Å². The van der Waals surface area contributed by atoms with Gasteiger partial charge in [0.15, 0.2) is 0 Å². The van der Waals surface area contributed by atoms with E-state index in [0.29, 0.717) is 22.1 Å². The smallest absolute Gasteiger partial charge is 0.262 e. The third kappa shape index (κ3) is 6.03. The number of rotatable bonds is 7. The summed E-state index contributed by atoms with van der Waals surface area (Å²) >= 11 is 5.98. The van der Waals surface area contributed by atoms with E-state index in [9.17, 15) is 18.0 Å². The SMILES string of the molecule is COc1ccc(Cl)cc1NS(=O)(=O)c1cccc(C(=O)Nc2cc(C)ccc2NC(C)=O)c1. The molecule has 0 aliphatic carbocycles. The van der Waals surface area contributed by atoms with Crippen molar-refractivity contribution in [3.8, 4) is 5.75 Å². The molecule has 0 saturated heterocycles. The Balaban J connectivity index is 1.88. The van der Waals surface area contributed by atoms with Crippen molar-refractivity contribution in [3.63, 3.8) is 0 Å². The summed E-state index contributed by atoms with van der Waals surface area (Å²) in [6.07, 6.45) is 0. The molecule has 3 aromatic carbocycles. The van der Waals surface area contributed by atoms with E-state index in [4.69, 9.17) is 16.3 Å². The van der Waals surface area contributed by atoms with E-state index in [-0.39, 0.29) is 22.1 Å². The molecule has 172 valence electrons. The summed E-state index contributed by atoms with van der Waals surface area (Å²) in [7, 11) is -2.64. The predicted molar refractivity (Wildman–Crippen MR) is 129 cm³/mol. The van der Waals surface area contributed by atoms with Crippen LogP contribution in [0.4, 0.5) is 17.1 Å². The normalized spacial score (nSPS) is 10.9. The summed E-state index contributed by atoms with van der Waals surface area (Å²) < 4.78 is 33.5. The van der Waals surface area contributed by atoms with Crippen molar-refractivity contribution >= 4 is 50.5 Å². The fraction of sp³-hybridized carbons (Fsp3) is 0.130. The maximum Gasteiger partial charge on any atom is 0.262 e. The zero-order valence-electron chi connectivity index (χ0n) is 18.1. The second-order valence-electron chi connectivity index (χ2n) is 7.16. The van der Waals surface area contributed by atoms with Gasteiger partial charge >= 0.3 is 0 Å². The Labute approximate surface area is 197 Å². The minimum atomic E-state index is -4.05. The Morgan fingerprint density at radius 3 is 2.36 bits per heavy atom. The number of hydrogen-bond acceptors (Lipinski definition) is 5. The first kappa shape index (κ1) is 24.1. The number of aryl methyl sites for hydroxylation is 1. The van der Waals surface area contributed by atoms with Gasteiger partial charge in [0, 0.05) is 17.5 Å². The Hall–Kier alpha value is -3.56. The largest absolute Gasteiger partial charge is 0.495 e. The van der Waals surface area contributed by atoms with Crippen LogP contribution in [0, 0.1) is 6.92 Å². The highest BCUT2D eigenvalue weighted by molar-refractivity contribution is 7.92. The summed E-state index contributed by atoms with van der Waals surface area (Å²) in [5.41, 5.74) is 1.98. The number of carbonyl (C=O) groups is 2.